The summed E-state index contributed by atoms with van der Waals surface area (Å²) < 4.78 is 0. The molecule has 3 amide bonds. The Morgan fingerprint density at radius 3 is 2.91 bits per heavy atom. The lowest BCUT2D eigenvalue weighted by Gasteiger charge is -2.16. The monoisotopic (exact) mass is 328 g/mol. The summed E-state index contributed by atoms with van der Waals surface area (Å²) in [5.41, 5.74) is 5.43. The summed E-state index contributed by atoms with van der Waals surface area (Å²) in [6, 6.07) is 0.530. The van der Waals surface area contributed by atoms with E-state index in [2.05, 4.69) is 16.0 Å². The number of urea groups is 1. The summed E-state index contributed by atoms with van der Waals surface area (Å²) in [4.78, 5) is 23.0. The van der Waals surface area contributed by atoms with Crippen LogP contribution in [0.25, 0.3) is 0 Å². The maximum Gasteiger partial charge on any atom is 0.315 e. The number of rotatable bonds is 10. The Bertz CT molecular complexity index is 381. The van der Waals surface area contributed by atoms with Gasteiger partial charge in [-0.3, -0.25) is 4.79 Å². The predicted octanol–water partition coefficient (Wildman–Crippen LogP) is 0.957. The number of carbonyl (C=O) groups is 2. The Morgan fingerprint density at radius 2 is 2.09 bits per heavy atom. The first-order valence-corrected chi connectivity index (χ1v) is 9.41. The average molecular weight is 328 g/mol. The van der Waals surface area contributed by atoms with Crippen LogP contribution in [0.2, 0.25) is 0 Å². The molecule has 3 atom stereocenters. The van der Waals surface area contributed by atoms with Gasteiger partial charge in [0.1, 0.15) is 0 Å². The first kappa shape index (κ1) is 17.4. The number of hydrogen-bond acceptors (Lipinski definition) is 4. The lowest BCUT2D eigenvalue weighted by Crippen LogP contribution is -2.36. The molecule has 0 aromatic rings. The first-order chi connectivity index (χ1) is 10.7. The van der Waals surface area contributed by atoms with Crippen LogP contribution in [0.3, 0.4) is 0 Å². The quantitative estimate of drug-likeness (QED) is 0.355. The highest BCUT2D eigenvalue weighted by atomic mass is 32.2. The molecule has 2 heterocycles. The molecule has 2 aliphatic rings. The minimum Gasteiger partial charge on any atom is -0.356 e. The molecular weight excluding hydrogens is 300 g/mol. The molecule has 2 saturated heterocycles. The third-order valence-corrected chi connectivity index (χ3v) is 5.79. The van der Waals surface area contributed by atoms with Gasteiger partial charge in [-0.1, -0.05) is 12.8 Å². The van der Waals surface area contributed by atoms with Gasteiger partial charge in [0.05, 0.1) is 12.1 Å². The third kappa shape index (κ3) is 5.35. The minimum absolute atomic E-state index is 0.0330. The zero-order valence-electron chi connectivity index (χ0n) is 13.1. The SMILES string of the molecule is NCCCCCNC(=O)CCCCC1SCC2NC(=O)NC21. The van der Waals surface area contributed by atoms with Crippen molar-refractivity contribution < 1.29 is 9.59 Å². The van der Waals surface area contributed by atoms with E-state index in [1.54, 1.807) is 0 Å². The Morgan fingerprint density at radius 1 is 1.23 bits per heavy atom. The topological polar surface area (TPSA) is 96.2 Å². The summed E-state index contributed by atoms with van der Waals surface area (Å²) in [7, 11) is 0. The first-order valence-electron chi connectivity index (χ1n) is 8.36. The summed E-state index contributed by atoms with van der Waals surface area (Å²) in [5, 5.41) is 9.40. The molecule has 0 saturated carbocycles. The van der Waals surface area contributed by atoms with Gasteiger partial charge in [-0.05, 0) is 32.2 Å². The van der Waals surface area contributed by atoms with Gasteiger partial charge in [-0.2, -0.15) is 11.8 Å². The second kappa shape index (κ2) is 9.25. The van der Waals surface area contributed by atoms with Crippen molar-refractivity contribution >= 4 is 23.7 Å². The zero-order chi connectivity index (χ0) is 15.8. The molecule has 2 rings (SSSR count). The lowest BCUT2D eigenvalue weighted by molar-refractivity contribution is -0.121. The van der Waals surface area contributed by atoms with E-state index in [4.69, 9.17) is 5.73 Å². The molecule has 7 heteroatoms. The van der Waals surface area contributed by atoms with E-state index in [1.165, 1.54) is 0 Å². The number of carbonyl (C=O) groups excluding carboxylic acids is 2. The van der Waals surface area contributed by atoms with Crippen molar-refractivity contribution in [2.75, 3.05) is 18.8 Å². The van der Waals surface area contributed by atoms with Gasteiger partial charge in [-0.15, -0.1) is 0 Å². The fourth-order valence-electron chi connectivity index (χ4n) is 3.04. The summed E-state index contributed by atoms with van der Waals surface area (Å²) in [5.74, 6) is 1.15. The molecule has 6 nitrogen and oxygen atoms in total. The van der Waals surface area contributed by atoms with Crippen LogP contribution in [-0.2, 0) is 4.79 Å². The smallest absolute Gasteiger partial charge is 0.315 e. The summed E-state index contributed by atoms with van der Waals surface area (Å²) in [6.07, 6.45) is 6.75. The molecule has 0 radical (unpaired) electrons. The fourth-order valence-corrected chi connectivity index (χ4v) is 4.58. The molecule has 0 spiro atoms. The van der Waals surface area contributed by atoms with Gasteiger partial charge in [0, 0.05) is 24.0 Å². The van der Waals surface area contributed by atoms with Crippen LogP contribution in [-0.4, -0.2) is 48.1 Å². The Labute approximate surface area is 136 Å². The molecule has 2 fully saturated rings. The summed E-state index contributed by atoms with van der Waals surface area (Å²) >= 11 is 1.93. The largest absolute Gasteiger partial charge is 0.356 e. The highest BCUT2D eigenvalue weighted by Crippen LogP contribution is 2.33. The van der Waals surface area contributed by atoms with E-state index >= 15 is 0 Å². The van der Waals surface area contributed by atoms with Gasteiger partial charge < -0.3 is 21.7 Å². The van der Waals surface area contributed by atoms with Crippen LogP contribution in [0.1, 0.15) is 44.9 Å². The normalized spacial score (nSPS) is 26.4. The van der Waals surface area contributed by atoms with Gasteiger partial charge in [0.2, 0.25) is 5.91 Å². The van der Waals surface area contributed by atoms with Gasteiger partial charge in [0.15, 0.2) is 0 Å². The van der Waals surface area contributed by atoms with Gasteiger partial charge >= 0.3 is 6.03 Å². The number of thioether (sulfide) groups is 1. The van der Waals surface area contributed by atoms with Crippen molar-refractivity contribution in [3.63, 3.8) is 0 Å². The minimum atomic E-state index is -0.0330. The second-order valence-corrected chi connectivity index (χ2v) is 7.34. The van der Waals surface area contributed by atoms with Crippen molar-refractivity contribution in [1.82, 2.24) is 16.0 Å². The van der Waals surface area contributed by atoms with Crippen molar-refractivity contribution in [1.29, 1.82) is 0 Å². The average Bonchev–Trinajstić information content (AvgIpc) is 3.03. The van der Waals surface area contributed by atoms with E-state index in [-0.39, 0.29) is 18.0 Å². The third-order valence-electron chi connectivity index (χ3n) is 4.28. The van der Waals surface area contributed by atoms with Crippen LogP contribution < -0.4 is 21.7 Å². The number of hydrogen-bond donors (Lipinski definition) is 4. The van der Waals surface area contributed by atoms with Crippen molar-refractivity contribution in [3.8, 4) is 0 Å². The van der Waals surface area contributed by atoms with Crippen LogP contribution in [0.4, 0.5) is 4.79 Å². The van der Waals surface area contributed by atoms with Gasteiger partial charge in [-0.25, -0.2) is 4.79 Å². The number of nitrogens with one attached hydrogen (secondary N) is 3. The molecule has 0 aliphatic carbocycles. The van der Waals surface area contributed by atoms with Crippen LogP contribution in [0, 0.1) is 0 Å². The van der Waals surface area contributed by atoms with E-state index < -0.39 is 0 Å². The van der Waals surface area contributed by atoms with E-state index in [9.17, 15) is 9.59 Å². The molecule has 0 bridgehead atoms. The fraction of sp³-hybridized carbons (Fsp3) is 0.867. The van der Waals surface area contributed by atoms with Crippen LogP contribution in [0.15, 0.2) is 0 Å². The zero-order valence-corrected chi connectivity index (χ0v) is 13.9. The molecule has 0 aromatic heterocycles. The van der Waals surface area contributed by atoms with Crippen molar-refractivity contribution in [2.24, 2.45) is 5.73 Å². The Hall–Kier alpha value is -0.950. The Kier molecular flexibility index (Phi) is 7.32. The highest BCUT2D eigenvalue weighted by Gasteiger charge is 2.42. The highest BCUT2D eigenvalue weighted by molar-refractivity contribution is 8.00. The number of fused-ring (bicyclic) bond motifs is 1. The molecule has 5 N–H and O–H groups in total. The Balaban J connectivity index is 1.49. The van der Waals surface area contributed by atoms with Crippen LogP contribution in [0.5, 0.6) is 0 Å². The van der Waals surface area contributed by atoms with Crippen molar-refractivity contribution in [3.05, 3.63) is 0 Å². The summed E-state index contributed by atoms with van der Waals surface area (Å²) in [6.45, 7) is 1.49. The molecule has 2 aliphatic heterocycles. The van der Waals surface area contributed by atoms with E-state index in [1.807, 2.05) is 11.8 Å². The van der Waals surface area contributed by atoms with Crippen molar-refractivity contribution in [2.45, 2.75) is 62.3 Å². The number of nitrogens with two attached hydrogens (primary N) is 1. The lowest BCUT2D eigenvalue weighted by atomic mass is 10.0. The predicted molar refractivity (Wildman–Crippen MR) is 89.9 cm³/mol. The number of amides is 3. The molecule has 22 heavy (non-hydrogen) atoms. The van der Waals surface area contributed by atoms with Gasteiger partial charge in [0.25, 0.3) is 0 Å². The molecular formula is C15H28N4O2S. The molecule has 3 unspecified atom stereocenters. The number of unbranched alkanes of at least 4 members (excludes halogenated alkanes) is 3. The molecule has 126 valence electrons. The second-order valence-electron chi connectivity index (χ2n) is 6.07. The van der Waals surface area contributed by atoms with E-state index in [0.29, 0.717) is 17.7 Å². The maximum atomic E-state index is 11.7. The molecule has 0 aromatic carbocycles. The maximum absolute atomic E-state index is 11.7. The van der Waals surface area contributed by atoms with Crippen LogP contribution >= 0.6 is 11.8 Å². The van der Waals surface area contributed by atoms with E-state index in [0.717, 1.165) is 57.4 Å². The standard InChI is InChI=1S/C15H28N4O2S/c16-8-4-1-5-9-17-13(20)7-3-2-6-12-14-11(10-22-12)18-15(21)19-14/h11-12,14H,1-10,16H2,(H,17,20)(H2,18,19,21).